The Kier molecular flexibility index (Phi) is 7.49. The molecule has 0 aliphatic carbocycles. The van der Waals surface area contributed by atoms with Crippen LogP contribution in [0.25, 0.3) is 0 Å². The minimum atomic E-state index is -0.674. The molecule has 3 rings (SSSR count). The lowest BCUT2D eigenvalue weighted by Crippen LogP contribution is -2.41. The number of unbranched alkanes of at least 4 members (excludes halogenated alkanes) is 1. The molecule has 2 atom stereocenters. The molecule has 28 heavy (non-hydrogen) atoms. The molecule has 0 radical (unpaired) electrons. The van der Waals surface area contributed by atoms with E-state index < -0.39 is 5.97 Å². The lowest BCUT2D eigenvalue weighted by molar-refractivity contribution is -0.144. The lowest BCUT2D eigenvalue weighted by atomic mass is 9.92. The number of ether oxygens (including phenoxy) is 1. The Morgan fingerprint density at radius 2 is 1.93 bits per heavy atom. The van der Waals surface area contributed by atoms with Crippen molar-refractivity contribution in [2.75, 3.05) is 13.1 Å². The molecule has 1 heterocycles. The number of hydrogen-bond donors (Lipinski definition) is 1. The number of para-hydroxylation sites is 1. The van der Waals surface area contributed by atoms with E-state index in [9.17, 15) is 9.90 Å². The van der Waals surface area contributed by atoms with Crippen molar-refractivity contribution in [1.29, 1.82) is 0 Å². The van der Waals surface area contributed by atoms with Crippen molar-refractivity contribution in [3.05, 3.63) is 65.7 Å². The van der Waals surface area contributed by atoms with Crippen molar-refractivity contribution < 1.29 is 14.6 Å². The van der Waals surface area contributed by atoms with E-state index in [1.807, 2.05) is 30.3 Å². The van der Waals surface area contributed by atoms with Gasteiger partial charge in [0.05, 0.1) is 5.92 Å². The van der Waals surface area contributed by atoms with Crippen LogP contribution in [0.3, 0.4) is 0 Å². The molecule has 0 bridgehead atoms. The van der Waals surface area contributed by atoms with Crippen molar-refractivity contribution >= 4 is 5.97 Å². The van der Waals surface area contributed by atoms with Gasteiger partial charge in [-0.1, -0.05) is 68.3 Å². The van der Waals surface area contributed by atoms with Gasteiger partial charge in [-0.05, 0) is 37.4 Å². The van der Waals surface area contributed by atoms with Crippen LogP contribution in [-0.4, -0.2) is 29.1 Å². The van der Waals surface area contributed by atoms with Gasteiger partial charge in [-0.15, -0.1) is 0 Å². The number of piperidine rings is 1. The first kappa shape index (κ1) is 20.4. The molecular weight excluding hydrogens is 350 g/mol. The third-order valence-electron chi connectivity index (χ3n) is 5.59. The van der Waals surface area contributed by atoms with Crippen LogP contribution in [-0.2, 0) is 11.4 Å². The quantitative estimate of drug-likeness (QED) is 0.641. The zero-order chi connectivity index (χ0) is 19.8. The molecule has 1 N–H and O–H groups in total. The van der Waals surface area contributed by atoms with E-state index >= 15 is 0 Å². The first-order valence-corrected chi connectivity index (χ1v) is 10.4. The number of carboxylic acids is 1. The van der Waals surface area contributed by atoms with Gasteiger partial charge in [-0.2, -0.15) is 0 Å². The van der Waals surface area contributed by atoms with Crippen molar-refractivity contribution in [2.24, 2.45) is 5.92 Å². The summed E-state index contributed by atoms with van der Waals surface area (Å²) in [6, 6.07) is 18.6. The van der Waals surface area contributed by atoms with E-state index in [0.29, 0.717) is 13.2 Å². The van der Waals surface area contributed by atoms with Crippen LogP contribution < -0.4 is 4.74 Å². The van der Waals surface area contributed by atoms with Crippen LogP contribution >= 0.6 is 0 Å². The highest BCUT2D eigenvalue weighted by molar-refractivity contribution is 5.70. The van der Waals surface area contributed by atoms with Crippen LogP contribution in [0, 0.1) is 5.92 Å². The summed E-state index contributed by atoms with van der Waals surface area (Å²) < 4.78 is 6.21. The smallest absolute Gasteiger partial charge is 0.307 e. The Bertz CT molecular complexity index is 747. The van der Waals surface area contributed by atoms with E-state index in [1.165, 1.54) is 5.56 Å². The van der Waals surface area contributed by atoms with Gasteiger partial charge in [0, 0.05) is 18.2 Å². The van der Waals surface area contributed by atoms with Gasteiger partial charge in [0.1, 0.15) is 12.4 Å². The Labute approximate surface area is 168 Å². The normalized spacial score (nSPS) is 18.5. The molecule has 1 aliphatic rings. The third-order valence-corrected chi connectivity index (χ3v) is 5.59. The average molecular weight is 382 g/mol. The predicted molar refractivity (Wildman–Crippen MR) is 111 cm³/mol. The fourth-order valence-corrected chi connectivity index (χ4v) is 4.05. The average Bonchev–Trinajstić information content (AvgIpc) is 2.74. The number of likely N-dealkylation sites (tertiary alicyclic amines) is 1. The van der Waals surface area contributed by atoms with Crippen LogP contribution in [0.2, 0.25) is 0 Å². The summed E-state index contributed by atoms with van der Waals surface area (Å²) in [6.07, 6.45) is 4.98. The minimum absolute atomic E-state index is 0.203. The number of benzene rings is 2. The molecule has 0 aromatic heterocycles. The Morgan fingerprint density at radius 3 is 2.68 bits per heavy atom. The number of aliphatic carboxylic acids is 1. The summed E-state index contributed by atoms with van der Waals surface area (Å²) in [5, 5.41) is 9.50. The second-order valence-electron chi connectivity index (χ2n) is 7.64. The van der Waals surface area contributed by atoms with Crippen LogP contribution in [0.4, 0.5) is 0 Å². The number of nitrogens with zero attached hydrogens (tertiary/aromatic N) is 1. The molecule has 2 unspecified atom stereocenters. The summed E-state index contributed by atoms with van der Waals surface area (Å²) in [4.78, 5) is 13.9. The highest BCUT2D eigenvalue weighted by Gasteiger charge is 2.31. The fourth-order valence-electron chi connectivity index (χ4n) is 4.05. The van der Waals surface area contributed by atoms with Gasteiger partial charge in [-0.25, -0.2) is 0 Å². The van der Waals surface area contributed by atoms with E-state index in [0.717, 1.165) is 50.0 Å². The largest absolute Gasteiger partial charge is 0.489 e. The van der Waals surface area contributed by atoms with Gasteiger partial charge >= 0.3 is 5.97 Å². The number of hydrogen-bond acceptors (Lipinski definition) is 3. The maximum atomic E-state index is 11.5. The van der Waals surface area contributed by atoms with Crippen LogP contribution in [0.5, 0.6) is 5.75 Å². The summed E-state index contributed by atoms with van der Waals surface area (Å²) in [5.74, 6) is -0.0345. The molecular formula is C24H31NO3. The molecule has 4 nitrogen and oxygen atoms in total. The Morgan fingerprint density at radius 1 is 1.18 bits per heavy atom. The molecule has 1 saturated heterocycles. The standard InChI is InChI=1S/C24H31NO3/c1-2-3-14-22(25-16-9-12-20(17-25)24(26)27)21-13-7-8-15-23(21)28-18-19-10-5-4-6-11-19/h4-8,10-11,13,15,20,22H,2-3,9,12,14,16-18H2,1H3,(H,26,27). The molecule has 4 heteroatoms. The highest BCUT2D eigenvalue weighted by atomic mass is 16.5. The second-order valence-corrected chi connectivity index (χ2v) is 7.64. The highest BCUT2D eigenvalue weighted by Crippen LogP contribution is 2.36. The van der Waals surface area contributed by atoms with E-state index in [2.05, 4.69) is 36.1 Å². The van der Waals surface area contributed by atoms with Gasteiger partial charge in [0.2, 0.25) is 0 Å². The summed E-state index contributed by atoms with van der Waals surface area (Å²) in [5.41, 5.74) is 2.32. The molecule has 1 fully saturated rings. The van der Waals surface area contributed by atoms with Crippen LogP contribution in [0.1, 0.15) is 56.2 Å². The van der Waals surface area contributed by atoms with Crippen LogP contribution in [0.15, 0.2) is 54.6 Å². The van der Waals surface area contributed by atoms with Crippen molar-refractivity contribution in [2.45, 2.75) is 51.7 Å². The molecule has 2 aromatic rings. The van der Waals surface area contributed by atoms with E-state index in [1.54, 1.807) is 0 Å². The second kappa shape index (κ2) is 10.3. The summed E-state index contributed by atoms with van der Waals surface area (Å²) >= 11 is 0. The van der Waals surface area contributed by atoms with Crippen molar-refractivity contribution in [3.8, 4) is 5.75 Å². The van der Waals surface area contributed by atoms with Crippen molar-refractivity contribution in [1.82, 2.24) is 4.90 Å². The topological polar surface area (TPSA) is 49.8 Å². The number of carbonyl (C=O) groups is 1. The molecule has 150 valence electrons. The van der Waals surface area contributed by atoms with Crippen molar-refractivity contribution in [3.63, 3.8) is 0 Å². The minimum Gasteiger partial charge on any atom is -0.489 e. The van der Waals surface area contributed by atoms with E-state index in [-0.39, 0.29) is 12.0 Å². The maximum absolute atomic E-state index is 11.5. The van der Waals surface area contributed by atoms with Gasteiger partial charge in [0.25, 0.3) is 0 Å². The zero-order valence-electron chi connectivity index (χ0n) is 16.7. The lowest BCUT2D eigenvalue weighted by Gasteiger charge is -2.38. The first-order chi connectivity index (χ1) is 13.7. The molecule has 1 aliphatic heterocycles. The molecule has 0 amide bonds. The van der Waals surface area contributed by atoms with Gasteiger partial charge in [-0.3, -0.25) is 9.69 Å². The first-order valence-electron chi connectivity index (χ1n) is 10.4. The molecule has 0 spiro atoms. The summed E-state index contributed by atoms with van der Waals surface area (Å²) in [6.45, 7) is 4.31. The van der Waals surface area contributed by atoms with Gasteiger partial charge in [0.15, 0.2) is 0 Å². The Hall–Kier alpha value is -2.33. The number of rotatable bonds is 9. The Balaban J connectivity index is 1.80. The number of carboxylic acid groups (broad SMARTS) is 1. The third kappa shape index (κ3) is 5.35. The zero-order valence-corrected chi connectivity index (χ0v) is 16.7. The van der Waals surface area contributed by atoms with Gasteiger partial charge < -0.3 is 9.84 Å². The summed E-state index contributed by atoms with van der Waals surface area (Å²) in [7, 11) is 0. The maximum Gasteiger partial charge on any atom is 0.307 e. The SMILES string of the molecule is CCCCC(c1ccccc1OCc1ccccc1)N1CCCC(C(=O)O)C1. The predicted octanol–water partition coefficient (Wildman–Crippen LogP) is 5.29. The molecule has 2 aromatic carbocycles. The fraction of sp³-hybridized carbons (Fsp3) is 0.458. The van der Waals surface area contributed by atoms with E-state index in [4.69, 9.17) is 4.74 Å². The monoisotopic (exact) mass is 381 g/mol. The molecule has 0 saturated carbocycles.